The van der Waals surface area contributed by atoms with Gasteiger partial charge in [-0.25, -0.2) is 0 Å². The summed E-state index contributed by atoms with van der Waals surface area (Å²) in [4.78, 5) is 11.3. The Kier molecular flexibility index (Phi) is 2.82. The largest absolute Gasteiger partial charge is 0.387 e. The molecule has 0 spiro atoms. The molecule has 4 heteroatoms. The van der Waals surface area contributed by atoms with E-state index in [1.54, 1.807) is 13.8 Å². The first kappa shape index (κ1) is 9.64. The fourth-order valence-corrected chi connectivity index (χ4v) is 1.37. The summed E-state index contributed by atoms with van der Waals surface area (Å²) in [5, 5.41) is 9.45. The number of carbonyl (C=O) groups excluding carboxylic acids is 1. The Hall–Kier alpha value is -0.450. The van der Waals surface area contributed by atoms with Crippen LogP contribution in [0.5, 0.6) is 0 Å². The van der Waals surface area contributed by atoms with Crippen LogP contribution >= 0.6 is 0 Å². The molecule has 12 heavy (non-hydrogen) atoms. The van der Waals surface area contributed by atoms with Crippen molar-refractivity contribution in [1.82, 2.24) is 0 Å². The van der Waals surface area contributed by atoms with Gasteiger partial charge in [-0.15, -0.1) is 0 Å². The molecule has 0 aromatic heterocycles. The fourth-order valence-electron chi connectivity index (χ4n) is 1.37. The maximum Gasteiger partial charge on any atom is 0.192 e. The van der Waals surface area contributed by atoms with Crippen LogP contribution < -0.4 is 0 Å². The molecule has 1 aliphatic rings. The molecule has 1 saturated heterocycles. The predicted octanol–water partition coefficient (Wildman–Crippen LogP) is -0.261. The topological polar surface area (TPSA) is 55.8 Å². The zero-order valence-corrected chi connectivity index (χ0v) is 7.48. The molecule has 4 atom stereocenters. The van der Waals surface area contributed by atoms with Gasteiger partial charge >= 0.3 is 0 Å². The van der Waals surface area contributed by atoms with E-state index in [4.69, 9.17) is 9.47 Å². The molecule has 0 saturated carbocycles. The number of ketones is 1. The third kappa shape index (κ3) is 1.50. The molecule has 1 rings (SSSR count). The zero-order valence-electron chi connectivity index (χ0n) is 7.48. The molecule has 0 aromatic carbocycles. The van der Waals surface area contributed by atoms with Crippen molar-refractivity contribution in [2.24, 2.45) is 0 Å². The van der Waals surface area contributed by atoms with Crippen LogP contribution in [0.25, 0.3) is 0 Å². The molecular weight excluding hydrogens is 160 g/mol. The highest BCUT2D eigenvalue weighted by molar-refractivity contribution is 5.88. The average molecular weight is 174 g/mol. The summed E-state index contributed by atoms with van der Waals surface area (Å²) < 4.78 is 10.0. The van der Waals surface area contributed by atoms with Gasteiger partial charge in [0, 0.05) is 7.11 Å². The molecule has 0 unspecified atom stereocenters. The highest BCUT2D eigenvalue weighted by atomic mass is 16.5. The van der Waals surface area contributed by atoms with Crippen LogP contribution in [-0.2, 0) is 14.3 Å². The Balaban J connectivity index is 2.74. The summed E-state index contributed by atoms with van der Waals surface area (Å²) in [6, 6.07) is 0. The van der Waals surface area contributed by atoms with Crippen LogP contribution in [0.3, 0.4) is 0 Å². The van der Waals surface area contributed by atoms with Crippen molar-refractivity contribution < 1.29 is 19.4 Å². The Morgan fingerprint density at radius 1 is 1.50 bits per heavy atom. The van der Waals surface area contributed by atoms with E-state index in [0.29, 0.717) is 0 Å². The molecule has 1 N–H and O–H groups in total. The van der Waals surface area contributed by atoms with Gasteiger partial charge in [-0.05, 0) is 13.8 Å². The minimum absolute atomic E-state index is 0.192. The van der Waals surface area contributed by atoms with Crippen molar-refractivity contribution in [2.45, 2.75) is 38.3 Å². The third-order valence-corrected chi connectivity index (χ3v) is 2.14. The summed E-state index contributed by atoms with van der Waals surface area (Å²) in [5.41, 5.74) is 0. The summed E-state index contributed by atoms with van der Waals surface area (Å²) in [6.45, 7) is 3.39. The standard InChI is InChI=1S/C8H14O4/c1-4-6(9)8(11-3)7(10)5(2)12-4/h4-6,8-9H,1-3H3/t4-,5-,6-,8-/m0/s1. The van der Waals surface area contributed by atoms with E-state index >= 15 is 0 Å². The summed E-state index contributed by atoms with van der Waals surface area (Å²) in [5.74, 6) is -0.192. The molecular formula is C8H14O4. The van der Waals surface area contributed by atoms with Gasteiger partial charge in [0.2, 0.25) is 0 Å². The monoisotopic (exact) mass is 174 g/mol. The molecule has 0 bridgehead atoms. The lowest BCUT2D eigenvalue weighted by molar-refractivity contribution is -0.180. The highest BCUT2D eigenvalue weighted by Crippen LogP contribution is 2.18. The quantitative estimate of drug-likeness (QED) is 0.595. The van der Waals surface area contributed by atoms with Crippen LogP contribution in [0, 0.1) is 0 Å². The van der Waals surface area contributed by atoms with Gasteiger partial charge in [0.25, 0.3) is 0 Å². The van der Waals surface area contributed by atoms with Crippen LogP contribution in [0.4, 0.5) is 0 Å². The van der Waals surface area contributed by atoms with Crippen molar-refractivity contribution in [3.63, 3.8) is 0 Å². The van der Waals surface area contributed by atoms with Gasteiger partial charge in [-0.1, -0.05) is 0 Å². The van der Waals surface area contributed by atoms with E-state index in [1.165, 1.54) is 7.11 Å². The van der Waals surface area contributed by atoms with Crippen LogP contribution in [0.2, 0.25) is 0 Å². The van der Waals surface area contributed by atoms with Crippen LogP contribution in [0.1, 0.15) is 13.8 Å². The third-order valence-electron chi connectivity index (χ3n) is 2.14. The molecule has 0 aliphatic carbocycles. The number of aliphatic hydroxyl groups excluding tert-OH is 1. The minimum Gasteiger partial charge on any atom is -0.387 e. The number of methoxy groups -OCH3 is 1. The Morgan fingerprint density at radius 2 is 2.08 bits per heavy atom. The van der Waals surface area contributed by atoms with Gasteiger partial charge < -0.3 is 14.6 Å². The molecule has 4 nitrogen and oxygen atoms in total. The number of hydrogen-bond donors (Lipinski definition) is 1. The number of ether oxygens (including phenoxy) is 2. The number of aliphatic hydroxyl groups is 1. The zero-order chi connectivity index (χ0) is 9.30. The van der Waals surface area contributed by atoms with Gasteiger partial charge in [-0.2, -0.15) is 0 Å². The van der Waals surface area contributed by atoms with Gasteiger partial charge in [0.15, 0.2) is 5.78 Å². The normalized spacial score (nSPS) is 43.2. The minimum atomic E-state index is -0.848. The number of hydrogen-bond acceptors (Lipinski definition) is 4. The van der Waals surface area contributed by atoms with E-state index in [0.717, 1.165) is 0 Å². The first-order valence-electron chi connectivity index (χ1n) is 3.98. The van der Waals surface area contributed by atoms with E-state index in [1.807, 2.05) is 0 Å². The number of rotatable bonds is 1. The van der Waals surface area contributed by atoms with Crippen molar-refractivity contribution >= 4 is 5.78 Å². The van der Waals surface area contributed by atoms with E-state index in [-0.39, 0.29) is 11.9 Å². The van der Waals surface area contributed by atoms with Crippen molar-refractivity contribution in [3.05, 3.63) is 0 Å². The summed E-state index contributed by atoms with van der Waals surface area (Å²) >= 11 is 0. The molecule has 0 radical (unpaired) electrons. The Morgan fingerprint density at radius 3 is 2.58 bits per heavy atom. The number of Topliss-reactive ketones (excluding diaryl/α,β-unsaturated/α-hetero) is 1. The molecule has 1 heterocycles. The summed E-state index contributed by atoms with van der Waals surface area (Å²) in [6.07, 6.45) is -2.40. The van der Waals surface area contributed by atoms with Crippen molar-refractivity contribution in [3.8, 4) is 0 Å². The molecule has 1 fully saturated rings. The molecule has 0 amide bonds. The van der Waals surface area contributed by atoms with Crippen molar-refractivity contribution in [1.29, 1.82) is 0 Å². The first-order valence-corrected chi connectivity index (χ1v) is 3.98. The Bertz CT molecular complexity index is 180. The van der Waals surface area contributed by atoms with Gasteiger partial charge in [0.1, 0.15) is 18.3 Å². The second kappa shape index (κ2) is 3.51. The molecule has 1 aliphatic heterocycles. The van der Waals surface area contributed by atoms with Crippen LogP contribution in [0.15, 0.2) is 0 Å². The first-order chi connectivity index (χ1) is 5.57. The second-order valence-corrected chi connectivity index (χ2v) is 3.03. The summed E-state index contributed by atoms with van der Waals surface area (Å²) in [7, 11) is 1.41. The lowest BCUT2D eigenvalue weighted by Gasteiger charge is -2.34. The van der Waals surface area contributed by atoms with Crippen LogP contribution in [-0.4, -0.2) is 42.4 Å². The van der Waals surface area contributed by atoms with E-state index in [2.05, 4.69) is 0 Å². The lowest BCUT2D eigenvalue weighted by Crippen LogP contribution is -2.53. The van der Waals surface area contributed by atoms with Crippen molar-refractivity contribution in [2.75, 3.05) is 7.11 Å². The van der Waals surface area contributed by atoms with E-state index in [9.17, 15) is 9.90 Å². The Labute approximate surface area is 71.5 Å². The number of carbonyl (C=O) groups is 1. The maximum absolute atomic E-state index is 11.3. The average Bonchev–Trinajstić information content (AvgIpc) is 2.02. The molecule has 70 valence electrons. The second-order valence-electron chi connectivity index (χ2n) is 3.03. The maximum atomic E-state index is 11.3. The highest BCUT2D eigenvalue weighted by Gasteiger charge is 2.40. The lowest BCUT2D eigenvalue weighted by atomic mass is 9.98. The van der Waals surface area contributed by atoms with Gasteiger partial charge in [0.05, 0.1) is 6.10 Å². The predicted molar refractivity (Wildman–Crippen MR) is 41.8 cm³/mol. The fraction of sp³-hybridized carbons (Fsp3) is 0.875. The smallest absolute Gasteiger partial charge is 0.192 e. The SMILES string of the molecule is CO[C@@H]1C(=O)[C@H](C)O[C@@H](C)[C@@H]1O. The van der Waals surface area contributed by atoms with E-state index < -0.39 is 18.3 Å². The van der Waals surface area contributed by atoms with Gasteiger partial charge in [-0.3, -0.25) is 4.79 Å². The molecule has 0 aromatic rings.